The predicted octanol–water partition coefficient (Wildman–Crippen LogP) is 7.39. The van der Waals surface area contributed by atoms with Crippen LogP contribution in [0.1, 0.15) is 5.82 Å². The molecule has 0 aliphatic carbocycles. The van der Waals surface area contributed by atoms with Crippen LogP contribution in [-0.2, 0) is 6.61 Å². The number of benzene rings is 7. The topological polar surface area (TPSA) is 32.0 Å². The van der Waals surface area contributed by atoms with E-state index in [0.717, 1.165) is 34.0 Å². The van der Waals surface area contributed by atoms with Crippen molar-refractivity contribution in [1.82, 2.24) is 14.1 Å². The van der Waals surface area contributed by atoms with Crippen molar-refractivity contribution in [2.45, 2.75) is 6.61 Å². The zero-order chi connectivity index (χ0) is 32.4. The van der Waals surface area contributed by atoms with Crippen LogP contribution < -0.4 is 25.5 Å². The van der Waals surface area contributed by atoms with Gasteiger partial charge < -0.3 is 9.30 Å². The van der Waals surface area contributed by atoms with Crippen molar-refractivity contribution in [2.75, 3.05) is 0 Å². The fraction of sp³-hybridized carbons (Fsp3) is 0.0227. The summed E-state index contributed by atoms with van der Waals surface area (Å²) in [6.07, 6.45) is 0. The highest BCUT2D eigenvalue weighted by Crippen LogP contribution is 2.38. The molecule has 2 aromatic heterocycles. The van der Waals surface area contributed by atoms with Crippen LogP contribution in [0.15, 0.2) is 176 Å². The third-order valence-electron chi connectivity index (χ3n) is 10.2. The Labute approximate surface area is 285 Å². The number of hydrogen-bond acceptors (Lipinski definition) is 2. The van der Waals surface area contributed by atoms with Gasteiger partial charge >= 0.3 is 0 Å². The molecule has 5 heteroatoms. The van der Waals surface area contributed by atoms with Gasteiger partial charge in [0.1, 0.15) is 12.4 Å². The molecule has 10 rings (SSSR count). The summed E-state index contributed by atoms with van der Waals surface area (Å²) in [6.45, 7) is 0.432. The van der Waals surface area contributed by atoms with Crippen molar-refractivity contribution in [3.05, 3.63) is 182 Å². The normalized spacial score (nSPS) is 12.6. The summed E-state index contributed by atoms with van der Waals surface area (Å²) in [5, 5.41) is 7.89. The van der Waals surface area contributed by atoms with Crippen molar-refractivity contribution < 1.29 is 4.74 Å². The molecule has 0 saturated carbocycles. The van der Waals surface area contributed by atoms with Gasteiger partial charge in [0.05, 0.1) is 33.4 Å². The molecule has 49 heavy (non-hydrogen) atoms. The molecule has 0 N–H and O–H groups in total. The predicted molar refractivity (Wildman–Crippen MR) is 203 cm³/mol. The molecule has 1 aliphatic heterocycles. The first kappa shape index (κ1) is 27.9. The van der Waals surface area contributed by atoms with Gasteiger partial charge in [-0.1, -0.05) is 133 Å². The number of imidazole rings is 1. The van der Waals surface area contributed by atoms with Gasteiger partial charge in [0, 0.05) is 16.8 Å². The molecule has 232 valence electrons. The van der Waals surface area contributed by atoms with Gasteiger partial charge in [-0.2, -0.15) is 0 Å². The van der Waals surface area contributed by atoms with Gasteiger partial charge in [0.25, 0.3) is 0 Å². The highest BCUT2D eigenvalue weighted by atomic mass is 28.3. The van der Waals surface area contributed by atoms with Gasteiger partial charge in [-0.25, -0.2) is 4.98 Å². The van der Waals surface area contributed by atoms with Crippen LogP contribution in [0.5, 0.6) is 5.75 Å². The average molecular weight is 646 g/mol. The highest BCUT2D eigenvalue weighted by Gasteiger charge is 2.41. The second-order valence-electron chi connectivity index (χ2n) is 12.7. The third kappa shape index (κ3) is 4.12. The number of ether oxygens (including phenoxy) is 1. The summed E-state index contributed by atoms with van der Waals surface area (Å²) in [4.78, 5) is 4.85. The van der Waals surface area contributed by atoms with Crippen LogP contribution in [0.25, 0.3) is 44.2 Å². The minimum Gasteiger partial charge on any atom is -0.483 e. The fourth-order valence-corrected chi connectivity index (χ4v) is 12.8. The van der Waals surface area contributed by atoms with Gasteiger partial charge in [-0.05, 0) is 57.1 Å². The van der Waals surface area contributed by atoms with Crippen LogP contribution >= 0.6 is 0 Å². The molecule has 0 spiro atoms. The van der Waals surface area contributed by atoms with E-state index < -0.39 is 8.07 Å². The minimum absolute atomic E-state index is 0.432. The molecular formula is C44H31N3OSi. The first-order valence-electron chi connectivity index (χ1n) is 16.7. The van der Waals surface area contributed by atoms with E-state index in [2.05, 4.69) is 179 Å². The van der Waals surface area contributed by atoms with Crippen LogP contribution in [0.3, 0.4) is 0 Å². The molecule has 1 aliphatic rings. The van der Waals surface area contributed by atoms with E-state index in [1.54, 1.807) is 0 Å². The highest BCUT2D eigenvalue weighted by molar-refractivity contribution is 7.20. The Morgan fingerprint density at radius 2 is 1.06 bits per heavy atom. The lowest BCUT2D eigenvalue weighted by atomic mass is 10.1. The van der Waals surface area contributed by atoms with Crippen LogP contribution in [0, 0.1) is 0 Å². The number of rotatable bonds is 5. The molecule has 7 aromatic carbocycles. The molecule has 0 bridgehead atoms. The standard InChI is InChI=1S/C44H31N3OSi/c1-4-14-32(15-5-1)49(33-16-6-2-7-17-33,34-18-8-3-9-19-34)35-25-26-37-36-20-10-12-22-39(36)46(42(37)29-35)31-24-27-41-43(28-31)48-30-44-45-38-21-11-13-23-40(38)47(41)44/h1-29H,30H2. The zero-order valence-corrected chi connectivity index (χ0v) is 27.7. The molecule has 0 atom stereocenters. The van der Waals surface area contributed by atoms with E-state index in [-0.39, 0.29) is 0 Å². The van der Waals surface area contributed by atoms with Gasteiger partial charge in [-0.3, -0.25) is 4.57 Å². The quantitative estimate of drug-likeness (QED) is 0.144. The minimum atomic E-state index is -2.72. The van der Waals surface area contributed by atoms with Crippen LogP contribution in [0.2, 0.25) is 0 Å². The van der Waals surface area contributed by atoms with E-state index >= 15 is 0 Å². The number of hydrogen-bond donors (Lipinski definition) is 0. The van der Waals surface area contributed by atoms with Crippen molar-refractivity contribution >= 4 is 61.7 Å². The number of nitrogens with zero attached hydrogens (tertiary/aromatic N) is 3. The number of fused-ring (bicyclic) bond motifs is 8. The molecule has 0 fully saturated rings. The first-order chi connectivity index (χ1) is 24.3. The maximum atomic E-state index is 6.40. The molecule has 0 saturated heterocycles. The van der Waals surface area contributed by atoms with Crippen molar-refractivity contribution in [1.29, 1.82) is 0 Å². The Morgan fingerprint density at radius 1 is 0.469 bits per heavy atom. The first-order valence-corrected chi connectivity index (χ1v) is 18.7. The lowest BCUT2D eigenvalue weighted by molar-refractivity contribution is 0.280. The molecule has 4 nitrogen and oxygen atoms in total. The summed E-state index contributed by atoms with van der Waals surface area (Å²) in [7, 11) is -2.72. The van der Waals surface area contributed by atoms with Gasteiger partial charge in [0.2, 0.25) is 0 Å². The molecule has 0 radical (unpaired) electrons. The summed E-state index contributed by atoms with van der Waals surface area (Å²) >= 11 is 0. The third-order valence-corrected chi connectivity index (χ3v) is 14.9. The van der Waals surface area contributed by atoms with Crippen LogP contribution in [0.4, 0.5) is 0 Å². The summed E-state index contributed by atoms with van der Waals surface area (Å²) in [5.41, 5.74) is 6.52. The second-order valence-corrected chi connectivity index (χ2v) is 16.5. The Kier molecular flexibility index (Phi) is 6.23. The molecular weight excluding hydrogens is 615 g/mol. The Bertz CT molecular complexity index is 2560. The summed E-state index contributed by atoms with van der Waals surface area (Å²) < 4.78 is 11.1. The monoisotopic (exact) mass is 645 g/mol. The van der Waals surface area contributed by atoms with E-state index in [4.69, 9.17) is 9.72 Å². The largest absolute Gasteiger partial charge is 0.483 e. The van der Waals surface area contributed by atoms with E-state index in [0.29, 0.717) is 6.61 Å². The lowest BCUT2D eigenvalue weighted by Gasteiger charge is -2.34. The van der Waals surface area contributed by atoms with Crippen molar-refractivity contribution in [2.24, 2.45) is 0 Å². The van der Waals surface area contributed by atoms with Crippen molar-refractivity contribution in [3.63, 3.8) is 0 Å². The Hall–Kier alpha value is -6.17. The zero-order valence-electron chi connectivity index (χ0n) is 26.7. The second kappa shape index (κ2) is 10.9. The molecule has 3 heterocycles. The SMILES string of the molecule is c1ccc([Si](c2ccccc2)(c2ccccc2)c2ccc3c4ccccc4n(-c4ccc5c(c4)OCc4nc6ccccc6n4-5)c3c2)cc1. The molecule has 9 aromatic rings. The average Bonchev–Trinajstić information content (AvgIpc) is 3.72. The number of para-hydroxylation sites is 3. The summed E-state index contributed by atoms with van der Waals surface area (Å²) in [5.74, 6) is 1.78. The maximum Gasteiger partial charge on any atom is 0.179 e. The van der Waals surface area contributed by atoms with Crippen molar-refractivity contribution in [3.8, 4) is 17.1 Å². The Morgan fingerprint density at radius 3 is 1.76 bits per heavy atom. The Balaban J connectivity index is 1.25. The lowest BCUT2D eigenvalue weighted by Crippen LogP contribution is -2.74. The van der Waals surface area contributed by atoms with E-state index in [1.807, 2.05) is 6.07 Å². The van der Waals surface area contributed by atoms with Crippen LogP contribution in [-0.4, -0.2) is 22.2 Å². The maximum absolute atomic E-state index is 6.40. The number of aromatic nitrogens is 3. The van der Waals surface area contributed by atoms with E-state index in [1.165, 1.54) is 42.6 Å². The molecule has 0 unspecified atom stereocenters. The van der Waals surface area contributed by atoms with Gasteiger partial charge in [-0.15, -0.1) is 0 Å². The fourth-order valence-electron chi connectivity index (χ4n) is 8.07. The van der Waals surface area contributed by atoms with Gasteiger partial charge in [0.15, 0.2) is 13.9 Å². The van der Waals surface area contributed by atoms with E-state index in [9.17, 15) is 0 Å². The molecule has 0 amide bonds. The smallest absolute Gasteiger partial charge is 0.179 e. The summed E-state index contributed by atoms with van der Waals surface area (Å²) in [6, 6.07) is 64.2.